The molecule has 1 aromatic rings. The van der Waals surface area contributed by atoms with Crippen LogP contribution in [0.5, 0.6) is 0 Å². The van der Waals surface area contributed by atoms with Gasteiger partial charge in [-0.15, -0.1) is 0 Å². The predicted octanol–water partition coefficient (Wildman–Crippen LogP) is 2.86. The summed E-state index contributed by atoms with van der Waals surface area (Å²) in [6, 6.07) is 1.44. The molecule has 0 fully saturated rings. The van der Waals surface area contributed by atoms with Crippen LogP contribution >= 0.6 is 0 Å². The minimum Gasteiger partial charge on any atom is -0.302 e. The first kappa shape index (κ1) is 13.0. The molecule has 0 saturated carbocycles. The Kier molecular flexibility index (Phi) is 4.29. The molecular formula is C11H15F3N2. The van der Waals surface area contributed by atoms with Gasteiger partial charge in [-0.25, -0.2) is 0 Å². The quantitative estimate of drug-likeness (QED) is 0.863. The summed E-state index contributed by atoms with van der Waals surface area (Å²) in [5.41, 5.74) is 1.85. The number of nitrogens with zero attached hydrogens (tertiary/aromatic N) is 1. The highest BCUT2D eigenvalue weighted by molar-refractivity contribution is 5.26. The molecule has 90 valence electrons. The second kappa shape index (κ2) is 5.30. The Morgan fingerprint density at radius 2 is 2.12 bits per heavy atom. The van der Waals surface area contributed by atoms with E-state index in [4.69, 9.17) is 0 Å². The summed E-state index contributed by atoms with van der Waals surface area (Å²) in [5.74, 6) is 0. The third-order valence-electron chi connectivity index (χ3n) is 2.40. The van der Waals surface area contributed by atoms with Crippen molar-refractivity contribution in [1.82, 2.24) is 10.3 Å². The summed E-state index contributed by atoms with van der Waals surface area (Å²) in [6.07, 6.45) is -0.115. The van der Waals surface area contributed by atoms with Crippen LogP contribution in [0.1, 0.15) is 31.0 Å². The molecule has 0 saturated heterocycles. The Hall–Kier alpha value is -1.10. The van der Waals surface area contributed by atoms with Gasteiger partial charge >= 0.3 is 6.18 Å². The number of hydrogen-bond donors (Lipinski definition) is 1. The van der Waals surface area contributed by atoms with Crippen molar-refractivity contribution < 1.29 is 13.2 Å². The maximum atomic E-state index is 12.0. The van der Waals surface area contributed by atoms with Gasteiger partial charge in [-0.2, -0.15) is 13.2 Å². The summed E-state index contributed by atoms with van der Waals surface area (Å²) in [6.45, 7) is 2.71. The molecule has 1 atom stereocenters. The van der Waals surface area contributed by atoms with E-state index in [0.29, 0.717) is 0 Å². The fraction of sp³-hybridized carbons (Fsp3) is 0.545. The van der Waals surface area contributed by atoms with Crippen molar-refractivity contribution in [3.63, 3.8) is 0 Å². The molecule has 2 nitrogen and oxygen atoms in total. The molecule has 0 radical (unpaired) electrons. The van der Waals surface area contributed by atoms with Gasteiger partial charge < -0.3 is 5.32 Å². The lowest BCUT2D eigenvalue weighted by Crippen LogP contribution is -2.31. The molecule has 0 aliphatic rings. The van der Waals surface area contributed by atoms with Crippen molar-refractivity contribution >= 4 is 0 Å². The molecule has 1 heterocycles. The van der Waals surface area contributed by atoms with E-state index in [-0.39, 0.29) is 6.04 Å². The van der Waals surface area contributed by atoms with Crippen molar-refractivity contribution in [3.05, 3.63) is 29.6 Å². The minimum atomic E-state index is -4.17. The number of alkyl halides is 3. The molecule has 0 amide bonds. The molecule has 0 spiro atoms. The highest BCUT2D eigenvalue weighted by Gasteiger charge is 2.27. The molecule has 1 aromatic heterocycles. The van der Waals surface area contributed by atoms with Crippen LogP contribution in [0.4, 0.5) is 13.2 Å². The molecule has 16 heavy (non-hydrogen) atoms. The van der Waals surface area contributed by atoms with Gasteiger partial charge in [0.15, 0.2) is 0 Å². The van der Waals surface area contributed by atoms with E-state index in [1.807, 2.05) is 6.92 Å². The molecule has 0 aromatic carbocycles. The molecule has 0 unspecified atom stereocenters. The monoisotopic (exact) mass is 232 g/mol. The summed E-state index contributed by atoms with van der Waals surface area (Å²) in [4.78, 5) is 3.96. The zero-order valence-corrected chi connectivity index (χ0v) is 9.30. The molecular weight excluding hydrogens is 217 g/mol. The second-order valence-electron chi connectivity index (χ2n) is 3.65. The van der Waals surface area contributed by atoms with Crippen LogP contribution in [0, 0.1) is 0 Å². The Morgan fingerprint density at radius 1 is 1.44 bits per heavy atom. The lowest BCUT2D eigenvalue weighted by Gasteiger charge is -2.18. The van der Waals surface area contributed by atoms with E-state index in [0.717, 1.165) is 17.5 Å². The third kappa shape index (κ3) is 3.81. The number of nitrogens with one attached hydrogen (secondary N) is 1. The van der Waals surface area contributed by atoms with Gasteiger partial charge in [-0.05, 0) is 30.5 Å². The molecule has 0 bridgehead atoms. The van der Waals surface area contributed by atoms with Gasteiger partial charge in [0, 0.05) is 18.4 Å². The van der Waals surface area contributed by atoms with Crippen LogP contribution in [0.3, 0.4) is 0 Å². The summed E-state index contributed by atoms with van der Waals surface area (Å²) < 4.78 is 36.1. The van der Waals surface area contributed by atoms with Gasteiger partial charge in [0.05, 0.1) is 6.54 Å². The van der Waals surface area contributed by atoms with Crippen molar-refractivity contribution in [2.24, 2.45) is 0 Å². The fourth-order valence-corrected chi connectivity index (χ4v) is 1.53. The van der Waals surface area contributed by atoms with Crippen LogP contribution < -0.4 is 5.32 Å². The van der Waals surface area contributed by atoms with Gasteiger partial charge in [0.25, 0.3) is 0 Å². The van der Waals surface area contributed by atoms with Crippen LogP contribution in [0.25, 0.3) is 0 Å². The van der Waals surface area contributed by atoms with Gasteiger partial charge in [0.1, 0.15) is 0 Å². The average molecular weight is 232 g/mol. The molecule has 1 N–H and O–H groups in total. The van der Waals surface area contributed by atoms with Crippen molar-refractivity contribution in [2.45, 2.75) is 32.5 Å². The van der Waals surface area contributed by atoms with E-state index >= 15 is 0 Å². The van der Waals surface area contributed by atoms with Crippen molar-refractivity contribution in [2.75, 3.05) is 6.54 Å². The van der Waals surface area contributed by atoms with E-state index in [2.05, 4.69) is 10.3 Å². The summed E-state index contributed by atoms with van der Waals surface area (Å²) in [5, 5.41) is 2.46. The number of halogens is 3. The number of aryl methyl sites for hydroxylation is 1. The number of rotatable bonds is 4. The number of pyridine rings is 1. The zero-order valence-electron chi connectivity index (χ0n) is 9.30. The van der Waals surface area contributed by atoms with E-state index in [9.17, 15) is 13.2 Å². The van der Waals surface area contributed by atoms with Crippen molar-refractivity contribution in [1.29, 1.82) is 0 Å². The lowest BCUT2D eigenvalue weighted by atomic mass is 10.0. The molecule has 5 heteroatoms. The Labute approximate surface area is 92.9 Å². The normalized spacial score (nSPS) is 13.8. The van der Waals surface area contributed by atoms with E-state index < -0.39 is 12.7 Å². The van der Waals surface area contributed by atoms with Gasteiger partial charge in [0.2, 0.25) is 0 Å². The molecule has 0 aliphatic carbocycles. The highest BCUT2D eigenvalue weighted by atomic mass is 19.4. The topological polar surface area (TPSA) is 24.9 Å². The lowest BCUT2D eigenvalue weighted by molar-refractivity contribution is -0.126. The first-order chi connectivity index (χ1) is 7.44. The van der Waals surface area contributed by atoms with Crippen molar-refractivity contribution in [3.8, 4) is 0 Å². The first-order valence-electron chi connectivity index (χ1n) is 5.17. The number of hydrogen-bond acceptors (Lipinski definition) is 2. The highest BCUT2D eigenvalue weighted by Crippen LogP contribution is 2.19. The average Bonchev–Trinajstić information content (AvgIpc) is 2.25. The van der Waals surface area contributed by atoms with Crippen LogP contribution in [-0.4, -0.2) is 17.7 Å². The Balaban J connectivity index is 2.69. The minimum absolute atomic E-state index is 0.320. The third-order valence-corrected chi connectivity index (χ3v) is 2.40. The standard InChI is InChI=1S/C11H15F3N2/c1-3-9-6-15-5-4-10(9)8(2)16-7-11(12,13)14/h4-6,8,16H,3,7H2,1-2H3/t8-/m1/s1. The Morgan fingerprint density at radius 3 is 2.69 bits per heavy atom. The maximum Gasteiger partial charge on any atom is 0.401 e. The summed E-state index contributed by atoms with van der Waals surface area (Å²) in [7, 11) is 0. The van der Waals surface area contributed by atoms with E-state index in [1.165, 1.54) is 0 Å². The van der Waals surface area contributed by atoms with Crippen LogP contribution in [0.15, 0.2) is 18.5 Å². The molecule has 1 rings (SSSR count). The first-order valence-corrected chi connectivity index (χ1v) is 5.17. The fourth-order valence-electron chi connectivity index (χ4n) is 1.53. The smallest absolute Gasteiger partial charge is 0.302 e. The Bertz CT molecular complexity index is 336. The SMILES string of the molecule is CCc1cnccc1[C@@H](C)NCC(F)(F)F. The molecule has 0 aliphatic heterocycles. The van der Waals surface area contributed by atoms with Gasteiger partial charge in [-0.1, -0.05) is 6.92 Å². The zero-order chi connectivity index (χ0) is 12.2. The van der Waals surface area contributed by atoms with Gasteiger partial charge in [-0.3, -0.25) is 4.98 Å². The second-order valence-corrected chi connectivity index (χ2v) is 3.65. The predicted molar refractivity (Wildman–Crippen MR) is 56.1 cm³/mol. The largest absolute Gasteiger partial charge is 0.401 e. The van der Waals surface area contributed by atoms with Crippen LogP contribution in [-0.2, 0) is 6.42 Å². The van der Waals surface area contributed by atoms with E-state index in [1.54, 1.807) is 25.4 Å². The summed E-state index contributed by atoms with van der Waals surface area (Å²) >= 11 is 0. The maximum absolute atomic E-state index is 12.0. The van der Waals surface area contributed by atoms with Crippen LogP contribution in [0.2, 0.25) is 0 Å². The number of aromatic nitrogens is 1.